The summed E-state index contributed by atoms with van der Waals surface area (Å²) in [6.07, 6.45) is -2.19. The minimum Gasteiger partial charge on any atom is -0.484 e. The highest BCUT2D eigenvalue weighted by atomic mass is 32.2. The summed E-state index contributed by atoms with van der Waals surface area (Å²) in [5, 5.41) is 7.86. The molecule has 1 aliphatic heterocycles. The predicted molar refractivity (Wildman–Crippen MR) is 147 cm³/mol. The van der Waals surface area contributed by atoms with E-state index in [1.54, 1.807) is 10.3 Å². The lowest BCUT2D eigenvalue weighted by atomic mass is 10.3. The third kappa shape index (κ3) is 10.4. The number of ether oxygens (including phenoxy) is 3. The zero-order chi connectivity index (χ0) is 29.8. The van der Waals surface area contributed by atoms with Crippen molar-refractivity contribution in [3.05, 3.63) is 46.1 Å². The molecule has 41 heavy (non-hydrogen) atoms. The lowest BCUT2D eigenvalue weighted by molar-refractivity contribution is -0.274. The highest BCUT2D eigenvalue weighted by molar-refractivity contribution is 8.02. The van der Waals surface area contributed by atoms with Crippen LogP contribution >= 0.6 is 23.1 Å². The Bertz CT molecular complexity index is 1220. The van der Waals surface area contributed by atoms with Crippen LogP contribution in [0.5, 0.6) is 11.5 Å². The second-order valence-electron chi connectivity index (χ2n) is 8.51. The van der Waals surface area contributed by atoms with Crippen molar-refractivity contribution in [2.75, 3.05) is 37.1 Å². The Morgan fingerprint density at radius 3 is 2.49 bits per heavy atom. The molecule has 0 saturated heterocycles. The summed E-state index contributed by atoms with van der Waals surface area (Å²) in [5.41, 5.74) is 5.83. The van der Waals surface area contributed by atoms with E-state index in [9.17, 15) is 27.6 Å². The molecule has 2 heterocycles. The van der Waals surface area contributed by atoms with Gasteiger partial charge in [-0.1, -0.05) is 24.7 Å². The van der Waals surface area contributed by atoms with E-state index >= 15 is 0 Å². The number of nitrogens with one attached hydrogen (secondary N) is 2. The summed E-state index contributed by atoms with van der Waals surface area (Å²) >= 11 is 2.47. The third-order valence-corrected chi connectivity index (χ3v) is 7.19. The predicted octanol–water partition coefficient (Wildman–Crippen LogP) is 3.51. The van der Waals surface area contributed by atoms with E-state index < -0.39 is 36.4 Å². The van der Waals surface area contributed by atoms with Gasteiger partial charge in [-0.25, -0.2) is 4.98 Å². The molecule has 0 unspecified atom stereocenters. The number of aromatic nitrogens is 1. The zero-order valence-corrected chi connectivity index (χ0v) is 23.8. The molecule has 224 valence electrons. The lowest BCUT2D eigenvalue weighted by Gasteiger charge is -2.18. The van der Waals surface area contributed by atoms with E-state index in [0.29, 0.717) is 42.1 Å². The number of nitrogens with zero attached hydrogens (tertiary/aromatic N) is 2. The topological polar surface area (TPSA) is 145 Å². The van der Waals surface area contributed by atoms with Crippen LogP contribution in [0.2, 0.25) is 0 Å². The summed E-state index contributed by atoms with van der Waals surface area (Å²) in [6.45, 7) is 3.16. The van der Waals surface area contributed by atoms with Crippen LogP contribution in [-0.4, -0.2) is 61.3 Å². The number of hydrogen-bond acceptors (Lipinski definition) is 10. The molecule has 3 amide bonds. The fourth-order valence-corrected chi connectivity index (χ4v) is 5.35. The van der Waals surface area contributed by atoms with Gasteiger partial charge in [0.2, 0.25) is 0 Å². The molecule has 3 rings (SSSR count). The molecule has 4 N–H and O–H groups in total. The SMILES string of the molecule is CCCCOCCCNC(=O)c1nc(CNC(=O)COc2ccc(OC(F)(F)F)cc2)sc1N1CSC=C1C(N)=O. The molecule has 1 aliphatic rings. The summed E-state index contributed by atoms with van der Waals surface area (Å²) < 4.78 is 51.5. The van der Waals surface area contributed by atoms with Gasteiger partial charge in [-0.3, -0.25) is 14.4 Å². The van der Waals surface area contributed by atoms with Gasteiger partial charge in [0.25, 0.3) is 17.7 Å². The van der Waals surface area contributed by atoms with Gasteiger partial charge in [-0.2, -0.15) is 0 Å². The molecule has 1 aromatic heterocycles. The maximum Gasteiger partial charge on any atom is 0.573 e. The Balaban J connectivity index is 1.58. The number of halogens is 3. The van der Waals surface area contributed by atoms with E-state index in [1.165, 1.54) is 23.9 Å². The number of rotatable bonds is 16. The van der Waals surface area contributed by atoms with E-state index in [2.05, 4.69) is 27.3 Å². The van der Waals surface area contributed by atoms with Gasteiger partial charge in [0, 0.05) is 25.2 Å². The van der Waals surface area contributed by atoms with Crippen LogP contribution in [0.1, 0.15) is 41.7 Å². The van der Waals surface area contributed by atoms with Crippen molar-refractivity contribution in [3.8, 4) is 11.5 Å². The fourth-order valence-electron chi connectivity index (χ4n) is 3.36. The molecule has 0 spiro atoms. The molecule has 0 radical (unpaired) electrons. The third-order valence-electron chi connectivity index (χ3n) is 5.31. The highest BCUT2D eigenvalue weighted by Crippen LogP contribution is 2.36. The first kappa shape index (κ1) is 32.0. The van der Waals surface area contributed by atoms with Crippen molar-refractivity contribution in [3.63, 3.8) is 0 Å². The van der Waals surface area contributed by atoms with Gasteiger partial charge < -0.3 is 35.5 Å². The Morgan fingerprint density at radius 1 is 1.10 bits per heavy atom. The Labute approximate surface area is 242 Å². The lowest BCUT2D eigenvalue weighted by Crippen LogP contribution is -2.31. The molecule has 0 bridgehead atoms. The summed E-state index contributed by atoms with van der Waals surface area (Å²) in [5.74, 6) is -1.51. The van der Waals surface area contributed by atoms with Gasteiger partial charge in [-0.05, 0) is 37.1 Å². The van der Waals surface area contributed by atoms with Gasteiger partial charge in [0.1, 0.15) is 27.2 Å². The monoisotopic (exact) mass is 617 g/mol. The first-order valence-electron chi connectivity index (χ1n) is 12.6. The number of benzene rings is 1. The van der Waals surface area contributed by atoms with Crippen LogP contribution in [0.25, 0.3) is 0 Å². The molecule has 0 fully saturated rings. The van der Waals surface area contributed by atoms with E-state index in [4.69, 9.17) is 15.2 Å². The smallest absolute Gasteiger partial charge is 0.484 e. The second kappa shape index (κ2) is 15.5. The standard InChI is InChI=1S/C25H30F3N5O6S2/c1-2-3-10-37-11-4-9-30-23(36)21-24(33-15-40-14-18(33)22(29)35)41-20(32-21)12-31-19(34)13-38-16-5-7-17(8-6-16)39-25(26,27)28/h5-8,14H,2-4,9-13,15H2,1H3,(H2,29,35)(H,30,36)(H,31,34). The number of thioether (sulfide) groups is 1. The molecule has 2 aromatic rings. The van der Waals surface area contributed by atoms with Gasteiger partial charge in [-0.15, -0.1) is 24.9 Å². The molecule has 0 saturated carbocycles. The number of nitrogens with two attached hydrogens (primary N) is 1. The minimum atomic E-state index is -4.81. The summed E-state index contributed by atoms with van der Waals surface area (Å²) in [6, 6.07) is 4.60. The molecule has 16 heteroatoms. The van der Waals surface area contributed by atoms with Gasteiger partial charge >= 0.3 is 6.36 Å². The minimum absolute atomic E-state index is 0.0344. The number of carbonyl (C=O) groups is 3. The molecule has 1 aromatic carbocycles. The zero-order valence-electron chi connectivity index (χ0n) is 22.1. The van der Waals surface area contributed by atoms with Crippen LogP contribution < -0.4 is 30.7 Å². The molecule has 11 nitrogen and oxygen atoms in total. The van der Waals surface area contributed by atoms with Crippen LogP contribution in [0.15, 0.2) is 35.4 Å². The second-order valence-corrected chi connectivity index (χ2v) is 10.4. The first-order chi connectivity index (χ1) is 19.6. The number of alkyl halides is 3. The van der Waals surface area contributed by atoms with Gasteiger partial charge in [0.15, 0.2) is 12.3 Å². The van der Waals surface area contributed by atoms with E-state index in [-0.39, 0.29) is 23.7 Å². The Morgan fingerprint density at radius 2 is 1.80 bits per heavy atom. The van der Waals surface area contributed by atoms with Crippen molar-refractivity contribution in [2.45, 2.75) is 39.1 Å². The number of carbonyl (C=O) groups excluding carboxylic acids is 3. The number of amides is 3. The Kier molecular flexibility index (Phi) is 12.1. The van der Waals surface area contributed by atoms with Crippen LogP contribution in [0.4, 0.5) is 18.2 Å². The average molecular weight is 618 g/mol. The van der Waals surface area contributed by atoms with E-state index in [1.807, 2.05) is 0 Å². The largest absolute Gasteiger partial charge is 0.573 e. The molecular weight excluding hydrogens is 587 g/mol. The number of anilines is 1. The first-order valence-corrected chi connectivity index (χ1v) is 14.4. The molecular formula is C25H30F3N5O6S2. The maximum atomic E-state index is 13.0. The van der Waals surface area contributed by atoms with Gasteiger partial charge in [0.05, 0.1) is 12.4 Å². The van der Waals surface area contributed by atoms with Crippen LogP contribution in [0, 0.1) is 0 Å². The number of thiazole rings is 1. The highest BCUT2D eigenvalue weighted by Gasteiger charge is 2.31. The van der Waals surface area contributed by atoms with Crippen molar-refractivity contribution in [2.24, 2.45) is 5.73 Å². The number of hydrogen-bond donors (Lipinski definition) is 3. The Hall–Kier alpha value is -3.50. The molecule has 0 atom stereocenters. The van der Waals surface area contributed by atoms with Crippen molar-refractivity contribution >= 4 is 45.8 Å². The summed E-state index contributed by atoms with van der Waals surface area (Å²) in [4.78, 5) is 43.2. The van der Waals surface area contributed by atoms with E-state index in [0.717, 1.165) is 36.3 Å². The maximum absolute atomic E-state index is 13.0. The fraction of sp³-hybridized carbons (Fsp3) is 0.440. The number of unbranched alkanes of at least 4 members (excludes halogenated alkanes) is 1. The van der Waals surface area contributed by atoms with Crippen molar-refractivity contribution < 1.29 is 41.8 Å². The van der Waals surface area contributed by atoms with Crippen LogP contribution in [0.3, 0.4) is 0 Å². The van der Waals surface area contributed by atoms with Crippen molar-refractivity contribution in [1.82, 2.24) is 15.6 Å². The quantitative estimate of drug-likeness (QED) is 0.241. The van der Waals surface area contributed by atoms with Crippen molar-refractivity contribution in [1.29, 1.82) is 0 Å². The average Bonchev–Trinajstić information content (AvgIpc) is 3.57. The summed E-state index contributed by atoms with van der Waals surface area (Å²) in [7, 11) is 0. The normalized spacial score (nSPS) is 13.1. The molecule has 0 aliphatic carbocycles. The van der Waals surface area contributed by atoms with Crippen LogP contribution in [-0.2, 0) is 20.9 Å². The number of primary amides is 1.